The lowest BCUT2D eigenvalue weighted by atomic mass is 9.98. The van der Waals surface area contributed by atoms with Gasteiger partial charge in [0.15, 0.2) is 0 Å². The average molecular weight is 232 g/mol. The maximum Gasteiger partial charge on any atom is 0.323 e. The Morgan fingerprint density at radius 1 is 1.50 bits per heavy atom. The highest BCUT2D eigenvalue weighted by atomic mass is 16.5. The SMILES string of the molecule is CNC(C)(CCN(C)CCCOC)C(=O)O. The van der Waals surface area contributed by atoms with Crippen molar-refractivity contribution < 1.29 is 14.6 Å². The van der Waals surface area contributed by atoms with Gasteiger partial charge in [0.2, 0.25) is 0 Å². The molecular weight excluding hydrogens is 208 g/mol. The first-order valence-corrected chi connectivity index (χ1v) is 5.56. The van der Waals surface area contributed by atoms with Crippen molar-refractivity contribution in [1.29, 1.82) is 0 Å². The molecule has 96 valence electrons. The maximum absolute atomic E-state index is 11.0. The minimum absolute atomic E-state index is 0.586. The number of carbonyl (C=O) groups is 1. The summed E-state index contributed by atoms with van der Waals surface area (Å²) in [6.07, 6.45) is 1.55. The van der Waals surface area contributed by atoms with Gasteiger partial charge < -0.3 is 20.1 Å². The second kappa shape index (κ2) is 7.60. The highest BCUT2D eigenvalue weighted by Crippen LogP contribution is 2.09. The molecule has 0 aromatic heterocycles. The second-order valence-electron chi connectivity index (χ2n) is 4.29. The fourth-order valence-electron chi connectivity index (χ4n) is 1.34. The molecule has 0 aliphatic heterocycles. The first kappa shape index (κ1) is 15.3. The van der Waals surface area contributed by atoms with E-state index < -0.39 is 11.5 Å². The first-order chi connectivity index (χ1) is 7.46. The monoisotopic (exact) mass is 232 g/mol. The van der Waals surface area contributed by atoms with Crippen LogP contribution in [-0.4, -0.2) is 62.4 Å². The van der Waals surface area contributed by atoms with Crippen molar-refractivity contribution in [1.82, 2.24) is 10.2 Å². The molecule has 1 atom stereocenters. The van der Waals surface area contributed by atoms with Gasteiger partial charge in [-0.25, -0.2) is 0 Å². The Morgan fingerprint density at radius 3 is 2.56 bits per heavy atom. The summed E-state index contributed by atoms with van der Waals surface area (Å²) in [7, 11) is 5.36. The number of rotatable bonds is 9. The third-order valence-electron chi connectivity index (χ3n) is 2.91. The number of carboxylic acids is 1. The zero-order valence-corrected chi connectivity index (χ0v) is 10.7. The molecule has 0 spiro atoms. The van der Waals surface area contributed by atoms with Gasteiger partial charge in [-0.15, -0.1) is 0 Å². The van der Waals surface area contributed by atoms with E-state index in [4.69, 9.17) is 9.84 Å². The van der Waals surface area contributed by atoms with Crippen LogP contribution in [0.2, 0.25) is 0 Å². The number of carboxylic acid groups (broad SMARTS) is 1. The summed E-state index contributed by atoms with van der Waals surface area (Å²) in [6.45, 7) is 4.13. The van der Waals surface area contributed by atoms with Crippen molar-refractivity contribution in [2.45, 2.75) is 25.3 Å². The van der Waals surface area contributed by atoms with Crippen LogP contribution in [0.1, 0.15) is 19.8 Å². The van der Waals surface area contributed by atoms with E-state index in [0.29, 0.717) is 6.42 Å². The Balaban J connectivity index is 3.88. The fraction of sp³-hybridized carbons (Fsp3) is 0.909. The van der Waals surface area contributed by atoms with Crippen molar-refractivity contribution in [2.75, 3.05) is 40.9 Å². The zero-order valence-electron chi connectivity index (χ0n) is 10.7. The number of ether oxygens (including phenoxy) is 1. The number of nitrogens with zero attached hydrogens (tertiary/aromatic N) is 1. The summed E-state index contributed by atoms with van der Waals surface area (Å²) in [5, 5.41) is 11.9. The second-order valence-corrected chi connectivity index (χ2v) is 4.29. The Labute approximate surface area is 97.8 Å². The smallest absolute Gasteiger partial charge is 0.323 e. The van der Waals surface area contributed by atoms with Crippen molar-refractivity contribution in [3.8, 4) is 0 Å². The zero-order chi connectivity index (χ0) is 12.6. The van der Waals surface area contributed by atoms with Crippen LogP contribution in [0.4, 0.5) is 0 Å². The molecule has 0 amide bonds. The molecular formula is C11H24N2O3. The number of hydrogen-bond acceptors (Lipinski definition) is 4. The molecule has 0 fully saturated rings. The van der Waals surface area contributed by atoms with E-state index >= 15 is 0 Å². The Bertz CT molecular complexity index is 211. The number of nitrogens with one attached hydrogen (secondary N) is 1. The summed E-state index contributed by atoms with van der Waals surface area (Å²) >= 11 is 0. The Morgan fingerprint density at radius 2 is 2.12 bits per heavy atom. The molecule has 0 aromatic carbocycles. The van der Waals surface area contributed by atoms with E-state index in [2.05, 4.69) is 10.2 Å². The predicted octanol–water partition coefficient (Wildman–Crippen LogP) is 0.408. The number of aliphatic carboxylic acids is 1. The lowest BCUT2D eigenvalue weighted by molar-refractivity contribution is -0.144. The van der Waals surface area contributed by atoms with Gasteiger partial charge in [-0.1, -0.05) is 0 Å². The van der Waals surface area contributed by atoms with Crippen molar-refractivity contribution >= 4 is 5.97 Å². The van der Waals surface area contributed by atoms with E-state index in [-0.39, 0.29) is 0 Å². The molecule has 0 saturated carbocycles. The number of hydrogen-bond donors (Lipinski definition) is 2. The standard InChI is InChI=1S/C11H24N2O3/c1-11(12-2,10(14)15)6-8-13(3)7-5-9-16-4/h12H,5-9H2,1-4H3,(H,14,15). The third-order valence-corrected chi connectivity index (χ3v) is 2.91. The molecule has 0 radical (unpaired) electrons. The predicted molar refractivity (Wildman–Crippen MR) is 63.7 cm³/mol. The van der Waals surface area contributed by atoms with Crippen molar-refractivity contribution in [3.05, 3.63) is 0 Å². The molecule has 1 unspecified atom stereocenters. The fourth-order valence-corrected chi connectivity index (χ4v) is 1.34. The van der Waals surface area contributed by atoms with Crippen LogP contribution in [0, 0.1) is 0 Å². The van der Waals surface area contributed by atoms with Gasteiger partial charge in [0.05, 0.1) is 0 Å². The molecule has 2 N–H and O–H groups in total. The largest absolute Gasteiger partial charge is 0.480 e. The van der Waals surface area contributed by atoms with Gasteiger partial charge in [-0.05, 0) is 33.9 Å². The molecule has 5 nitrogen and oxygen atoms in total. The van der Waals surface area contributed by atoms with Crippen LogP contribution < -0.4 is 5.32 Å². The minimum atomic E-state index is -0.838. The van der Waals surface area contributed by atoms with Gasteiger partial charge >= 0.3 is 5.97 Å². The summed E-state index contributed by atoms with van der Waals surface area (Å²) in [5.74, 6) is -0.805. The van der Waals surface area contributed by atoms with E-state index in [1.54, 1.807) is 21.1 Å². The molecule has 0 aromatic rings. The molecule has 5 heteroatoms. The lowest BCUT2D eigenvalue weighted by Gasteiger charge is -2.27. The van der Waals surface area contributed by atoms with Gasteiger partial charge in [0.1, 0.15) is 5.54 Å². The van der Waals surface area contributed by atoms with Gasteiger partial charge in [-0.3, -0.25) is 4.79 Å². The van der Waals surface area contributed by atoms with Crippen LogP contribution in [0.25, 0.3) is 0 Å². The average Bonchev–Trinajstić information content (AvgIpc) is 2.26. The van der Waals surface area contributed by atoms with Crippen LogP contribution in [0.15, 0.2) is 0 Å². The minimum Gasteiger partial charge on any atom is -0.480 e. The van der Waals surface area contributed by atoms with Crippen molar-refractivity contribution in [3.63, 3.8) is 0 Å². The Kier molecular flexibility index (Phi) is 7.29. The third kappa shape index (κ3) is 5.44. The summed E-state index contributed by atoms with van der Waals surface area (Å²) in [5.41, 5.74) is -0.838. The van der Waals surface area contributed by atoms with E-state index in [0.717, 1.165) is 26.1 Å². The first-order valence-electron chi connectivity index (χ1n) is 5.56. The van der Waals surface area contributed by atoms with E-state index in [9.17, 15) is 4.79 Å². The molecule has 0 rings (SSSR count). The maximum atomic E-state index is 11.0. The quantitative estimate of drug-likeness (QED) is 0.564. The van der Waals surface area contributed by atoms with Crippen LogP contribution in [0.3, 0.4) is 0 Å². The van der Waals surface area contributed by atoms with Crippen molar-refractivity contribution in [2.24, 2.45) is 0 Å². The van der Waals surface area contributed by atoms with Gasteiger partial charge in [0, 0.05) is 26.8 Å². The van der Waals surface area contributed by atoms with E-state index in [1.165, 1.54) is 0 Å². The molecule has 0 saturated heterocycles. The molecule has 16 heavy (non-hydrogen) atoms. The number of methoxy groups -OCH3 is 1. The van der Waals surface area contributed by atoms with Crippen LogP contribution in [0.5, 0.6) is 0 Å². The summed E-state index contributed by atoms with van der Waals surface area (Å²) in [4.78, 5) is 13.1. The van der Waals surface area contributed by atoms with E-state index in [1.807, 2.05) is 7.05 Å². The summed E-state index contributed by atoms with van der Waals surface area (Å²) in [6, 6.07) is 0. The van der Waals surface area contributed by atoms with Crippen LogP contribution in [-0.2, 0) is 9.53 Å². The topological polar surface area (TPSA) is 61.8 Å². The molecule has 0 heterocycles. The van der Waals surface area contributed by atoms with Gasteiger partial charge in [-0.2, -0.15) is 0 Å². The highest BCUT2D eigenvalue weighted by Gasteiger charge is 2.30. The summed E-state index contributed by atoms with van der Waals surface area (Å²) < 4.78 is 4.96. The van der Waals surface area contributed by atoms with Gasteiger partial charge in [0.25, 0.3) is 0 Å². The lowest BCUT2D eigenvalue weighted by Crippen LogP contribution is -2.49. The highest BCUT2D eigenvalue weighted by molar-refractivity contribution is 5.78. The Hall–Kier alpha value is -0.650. The normalized spacial score (nSPS) is 15.1. The van der Waals surface area contributed by atoms with Crippen LogP contribution >= 0.6 is 0 Å². The molecule has 0 bridgehead atoms. The number of likely N-dealkylation sites (N-methyl/N-ethyl adjacent to an activating group) is 1. The molecule has 0 aliphatic rings. The molecule has 0 aliphatic carbocycles.